The molecule has 0 aliphatic rings. The highest BCUT2D eigenvalue weighted by molar-refractivity contribution is 14.1. The summed E-state index contributed by atoms with van der Waals surface area (Å²) >= 11 is 2.18. The molecule has 0 radical (unpaired) electrons. The third-order valence-corrected chi connectivity index (χ3v) is 3.09. The number of anilines is 2. The first-order valence-electron chi connectivity index (χ1n) is 5.13. The maximum absolute atomic E-state index is 11.7. The summed E-state index contributed by atoms with van der Waals surface area (Å²) < 4.78 is 1.01. The van der Waals surface area contributed by atoms with Crippen molar-refractivity contribution in [3.8, 4) is 0 Å². The Balaban J connectivity index is 2.01. The van der Waals surface area contributed by atoms with Crippen LogP contribution in [0, 0.1) is 3.57 Å². The lowest BCUT2D eigenvalue weighted by molar-refractivity contribution is 0.262. The fourth-order valence-corrected chi connectivity index (χ4v) is 1.89. The molecule has 4 heteroatoms. The van der Waals surface area contributed by atoms with Crippen molar-refractivity contribution in [1.82, 2.24) is 0 Å². The normalized spacial score (nSPS) is 9.71. The average Bonchev–Trinajstić information content (AvgIpc) is 2.33. The van der Waals surface area contributed by atoms with Crippen molar-refractivity contribution in [2.45, 2.75) is 0 Å². The van der Waals surface area contributed by atoms with Crippen molar-refractivity contribution >= 4 is 40.0 Å². The molecule has 0 atom stereocenters. The first-order chi connectivity index (χ1) is 8.25. The van der Waals surface area contributed by atoms with Gasteiger partial charge in [-0.2, -0.15) is 0 Å². The summed E-state index contributed by atoms with van der Waals surface area (Å²) in [6, 6.07) is 16.7. The van der Waals surface area contributed by atoms with Crippen LogP contribution in [-0.2, 0) is 0 Å². The maximum atomic E-state index is 11.7. The molecule has 0 saturated carbocycles. The lowest BCUT2D eigenvalue weighted by Gasteiger charge is -2.08. The second-order valence-electron chi connectivity index (χ2n) is 3.42. The first-order valence-corrected chi connectivity index (χ1v) is 6.21. The number of carbonyl (C=O) groups excluding carboxylic acids is 1. The van der Waals surface area contributed by atoms with E-state index in [2.05, 4.69) is 33.2 Å². The Hall–Kier alpha value is -1.56. The van der Waals surface area contributed by atoms with Crippen LogP contribution in [0.1, 0.15) is 0 Å². The summed E-state index contributed by atoms with van der Waals surface area (Å²) in [6.45, 7) is 0. The van der Waals surface area contributed by atoms with Gasteiger partial charge in [0.2, 0.25) is 0 Å². The summed E-state index contributed by atoms with van der Waals surface area (Å²) in [7, 11) is 0. The molecule has 86 valence electrons. The number of amides is 2. The van der Waals surface area contributed by atoms with E-state index < -0.39 is 0 Å². The Morgan fingerprint density at radius 3 is 2.24 bits per heavy atom. The van der Waals surface area contributed by atoms with Gasteiger partial charge >= 0.3 is 6.03 Å². The zero-order valence-corrected chi connectivity index (χ0v) is 11.1. The van der Waals surface area contributed by atoms with Crippen molar-refractivity contribution in [1.29, 1.82) is 0 Å². The lowest BCUT2D eigenvalue weighted by atomic mass is 10.2. The van der Waals surface area contributed by atoms with Gasteiger partial charge in [0.05, 0.1) is 5.69 Å². The Morgan fingerprint density at radius 2 is 1.53 bits per heavy atom. The number of carbonyl (C=O) groups is 1. The number of hydrogen-bond acceptors (Lipinski definition) is 1. The summed E-state index contributed by atoms with van der Waals surface area (Å²) in [5, 5.41) is 5.57. The number of para-hydroxylation sites is 2. The molecule has 0 heterocycles. The van der Waals surface area contributed by atoms with Gasteiger partial charge in [0.25, 0.3) is 0 Å². The smallest absolute Gasteiger partial charge is 0.308 e. The van der Waals surface area contributed by atoms with E-state index >= 15 is 0 Å². The SMILES string of the molecule is O=[11C](Nc1ccccc1)Nc1ccccc1I. The van der Waals surface area contributed by atoms with Crippen molar-refractivity contribution in [3.05, 3.63) is 58.2 Å². The molecule has 0 aliphatic carbocycles. The maximum Gasteiger partial charge on any atom is 0.323 e. The molecule has 0 fully saturated rings. The molecule has 2 rings (SSSR count). The van der Waals surface area contributed by atoms with E-state index in [4.69, 9.17) is 0 Å². The predicted octanol–water partition coefficient (Wildman–Crippen LogP) is 3.94. The highest BCUT2D eigenvalue weighted by Gasteiger charge is 2.04. The van der Waals surface area contributed by atoms with Gasteiger partial charge in [0, 0.05) is 9.26 Å². The van der Waals surface area contributed by atoms with Crippen LogP contribution >= 0.6 is 22.6 Å². The molecule has 3 nitrogen and oxygen atoms in total. The molecule has 0 saturated heterocycles. The van der Waals surface area contributed by atoms with E-state index in [0.29, 0.717) is 0 Å². The Morgan fingerprint density at radius 1 is 0.882 bits per heavy atom. The number of nitrogens with one attached hydrogen (secondary N) is 2. The fraction of sp³-hybridized carbons (Fsp3) is 0. The Kier molecular flexibility index (Phi) is 3.98. The monoisotopic (exact) mass is 337 g/mol. The van der Waals surface area contributed by atoms with Crippen molar-refractivity contribution in [3.63, 3.8) is 0 Å². The van der Waals surface area contributed by atoms with Crippen LogP contribution in [0.25, 0.3) is 0 Å². The largest absolute Gasteiger partial charge is 0.323 e. The molecule has 2 amide bonds. The van der Waals surface area contributed by atoms with E-state index in [1.807, 2.05) is 54.6 Å². The first kappa shape index (κ1) is 11.9. The molecule has 2 aromatic rings. The van der Waals surface area contributed by atoms with Gasteiger partial charge in [-0.25, -0.2) is 4.79 Å². The molecule has 0 aromatic heterocycles. The summed E-state index contributed by atoms with van der Waals surface area (Å²) in [5.41, 5.74) is 1.58. The molecular weight excluding hydrogens is 326 g/mol. The second kappa shape index (κ2) is 5.67. The fourth-order valence-electron chi connectivity index (χ4n) is 1.37. The molecule has 0 spiro atoms. The number of rotatable bonds is 2. The molecule has 17 heavy (non-hydrogen) atoms. The van der Waals surface area contributed by atoms with Crippen LogP contribution in [0.5, 0.6) is 0 Å². The second-order valence-corrected chi connectivity index (χ2v) is 4.59. The van der Waals surface area contributed by atoms with E-state index in [0.717, 1.165) is 14.9 Å². The zero-order valence-electron chi connectivity index (χ0n) is 8.98. The molecule has 0 bridgehead atoms. The topological polar surface area (TPSA) is 41.1 Å². The molecule has 0 unspecified atom stereocenters. The molecular formula is C13H11IN2O. The minimum atomic E-state index is -0.236. The van der Waals surface area contributed by atoms with Crippen molar-refractivity contribution < 1.29 is 4.79 Å². The quantitative estimate of drug-likeness (QED) is 0.801. The van der Waals surface area contributed by atoms with Crippen molar-refractivity contribution in [2.75, 3.05) is 10.6 Å². The van der Waals surface area contributed by atoms with Crippen LogP contribution < -0.4 is 10.6 Å². The van der Waals surface area contributed by atoms with Crippen LogP contribution in [-0.4, -0.2) is 6.03 Å². The van der Waals surface area contributed by atoms with Gasteiger partial charge in [0.15, 0.2) is 0 Å². The number of urea groups is 1. The van der Waals surface area contributed by atoms with E-state index in [-0.39, 0.29) is 6.03 Å². The van der Waals surface area contributed by atoms with Gasteiger partial charge in [-0.3, -0.25) is 0 Å². The van der Waals surface area contributed by atoms with Crippen LogP contribution in [0.2, 0.25) is 0 Å². The van der Waals surface area contributed by atoms with Gasteiger partial charge in [-0.1, -0.05) is 30.3 Å². The number of halogens is 1. The summed E-state index contributed by atoms with van der Waals surface area (Å²) in [6.07, 6.45) is 0. The lowest BCUT2D eigenvalue weighted by Crippen LogP contribution is -2.19. The van der Waals surface area contributed by atoms with Gasteiger partial charge in [-0.15, -0.1) is 0 Å². The minimum Gasteiger partial charge on any atom is -0.308 e. The summed E-state index contributed by atoms with van der Waals surface area (Å²) in [4.78, 5) is 11.7. The third-order valence-electron chi connectivity index (χ3n) is 2.15. The van der Waals surface area contributed by atoms with Gasteiger partial charge < -0.3 is 10.6 Å². The van der Waals surface area contributed by atoms with Gasteiger partial charge in [0.1, 0.15) is 0 Å². The van der Waals surface area contributed by atoms with Crippen LogP contribution in [0.4, 0.5) is 16.2 Å². The van der Waals surface area contributed by atoms with E-state index in [9.17, 15) is 4.79 Å². The predicted molar refractivity (Wildman–Crippen MR) is 78.2 cm³/mol. The highest BCUT2D eigenvalue weighted by Crippen LogP contribution is 2.17. The van der Waals surface area contributed by atoms with Crippen LogP contribution in [0.15, 0.2) is 54.6 Å². The Labute approximate surface area is 113 Å². The minimum absolute atomic E-state index is 0.236. The van der Waals surface area contributed by atoms with Crippen LogP contribution in [0.3, 0.4) is 0 Å². The van der Waals surface area contributed by atoms with Crippen molar-refractivity contribution in [2.24, 2.45) is 0 Å². The average molecular weight is 337 g/mol. The van der Waals surface area contributed by atoms with E-state index in [1.165, 1.54) is 0 Å². The molecule has 2 aromatic carbocycles. The zero-order chi connectivity index (χ0) is 12.1. The Bertz CT molecular complexity index is 514. The third kappa shape index (κ3) is 3.45. The number of benzene rings is 2. The summed E-state index contributed by atoms with van der Waals surface area (Å²) in [5.74, 6) is 0. The molecule has 2 N–H and O–H groups in total. The standard InChI is InChI=1S/C13H11IN2O/c14-11-8-4-5-9-12(11)16-13(17)15-10-6-2-1-3-7-10/h1-9H,(H2,15,16,17)/i13-1. The number of hydrogen-bond donors (Lipinski definition) is 2. The van der Waals surface area contributed by atoms with E-state index in [1.54, 1.807) is 0 Å². The van der Waals surface area contributed by atoms with Gasteiger partial charge in [-0.05, 0) is 46.9 Å². The highest BCUT2D eigenvalue weighted by atomic mass is 127. The molecule has 0 aliphatic heterocycles.